The average Bonchev–Trinajstić information content (AvgIpc) is 2.74. The topological polar surface area (TPSA) is 191 Å². The van der Waals surface area contributed by atoms with Gasteiger partial charge in [-0.3, -0.25) is 14.4 Å². The van der Waals surface area contributed by atoms with E-state index < -0.39 is 60.1 Å². The van der Waals surface area contributed by atoms with Crippen LogP contribution in [-0.4, -0.2) is 81.1 Å². The predicted octanol–water partition coefficient (Wildman–Crippen LogP) is -2.21. The van der Waals surface area contributed by atoms with Crippen LogP contribution in [0.1, 0.15) is 19.4 Å². The van der Waals surface area contributed by atoms with Crippen molar-refractivity contribution in [3.05, 3.63) is 35.9 Å². The van der Waals surface area contributed by atoms with Gasteiger partial charge in [-0.05, 0) is 19.4 Å². The summed E-state index contributed by atoms with van der Waals surface area (Å²) in [5, 5.41) is 35.2. The fraction of sp³-hybridized carbons (Fsp3) is 0.500. The van der Waals surface area contributed by atoms with Crippen LogP contribution in [0.5, 0.6) is 0 Å². The van der Waals surface area contributed by atoms with Crippen LogP contribution < -0.4 is 21.7 Å². The lowest BCUT2D eigenvalue weighted by Crippen LogP contribution is -2.59. The molecule has 0 aliphatic rings. The Morgan fingerprint density at radius 3 is 1.91 bits per heavy atom. The van der Waals surface area contributed by atoms with E-state index in [9.17, 15) is 29.4 Å². The van der Waals surface area contributed by atoms with Gasteiger partial charge >= 0.3 is 5.97 Å². The highest BCUT2D eigenvalue weighted by atomic mass is 32.1. The molecule has 1 aromatic carbocycles. The largest absolute Gasteiger partial charge is 0.480 e. The van der Waals surface area contributed by atoms with Crippen molar-refractivity contribution < 1.29 is 34.5 Å². The highest BCUT2D eigenvalue weighted by molar-refractivity contribution is 7.80. The summed E-state index contributed by atoms with van der Waals surface area (Å²) in [5.41, 5.74) is 6.35. The second-order valence-corrected chi connectivity index (χ2v) is 7.69. The standard InChI is InChI=1S/C20H30N4O7S/c1-10(25)15(21)19(29)22-13(8-12-6-4-3-5-7-12)17(27)23-14(9-32)18(28)24-16(11(2)26)20(30)31/h3-7,10-11,13-16,25-26,32H,8-9,21H2,1-2H3,(H,22,29)(H,23,27)(H,24,28)(H,30,31). The molecular formula is C20H30N4O7S. The van der Waals surface area contributed by atoms with Gasteiger partial charge in [0.1, 0.15) is 18.1 Å². The molecule has 1 rings (SSSR count). The van der Waals surface area contributed by atoms with Crippen molar-refractivity contribution in [2.45, 2.75) is 56.6 Å². The summed E-state index contributed by atoms with van der Waals surface area (Å²) >= 11 is 4.03. The molecule has 0 aromatic heterocycles. The van der Waals surface area contributed by atoms with Crippen molar-refractivity contribution in [2.75, 3.05) is 5.75 Å². The molecule has 6 atom stereocenters. The third kappa shape index (κ3) is 8.46. The molecule has 11 nitrogen and oxygen atoms in total. The molecule has 0 saturated carbocycles. The number of amides is 3. The molecule has 8 N–H and O–H groups in total. The van der Waals surface area contributed by atoms with Gasteiger partial charge in [-0.1, -0.05) is 30.3 Å². The molecule has 0 heterocycles. The molecule has 12 heteroatoms. The number of nitrogens with one attached hydrogen (secondary N) is 3. The zero-order chi connectivity index (χ0) is 24.4. The van der Waals surface area contributed by atoms with Crippen molar-refractivity contribution in [3.63, 3.8) is 0 Å². The first-order chi connectivity index (χ1) is 15.0. The van der Waals surface area contributed by atoms with Crippen LogP contribution in [0.2, 0.25) is 0 Å². The van der Waals surface area contributed by atoms with Gasteiger partial charge in [0.05, 0.1) is 12.2 Å². The Hall–Kier alpha value is -2.67. The van der Waals surface area contributed by atoms with Gasteiger partial charge in [0.2, 0.25) is 17.7 Å². The molecule has 178 valence electrons. The minimum Gasteiger partial charge on any atom is -0.480 e. The summed E-state index contributed by atoms with van der Waals surface area (Å²) in [6.07, 6.45) is -2.46. The van der Waals surface area contributed by atoms with E-state index in [0.717, 1.165) is 0 Å². The molecule has 0 radical (unpaired) electrons. The van der Waals surface area contributed by atoms with Gasteiger partial charge in [0.15, 0.2) is 6.04 Å². The quantitative estimate of drug-likeness (QED) is 0.158. The van der Waals surface area contributed by atoms with Crippen molar-refractivity contribution in [1.29, 1.82) is 0 Å². The first kappa shape index (κ1) is 27.4. The second kappa shape index (κ2) is 13.0. The molecule has 0 aliphatic carbocycles. The Morgan fingerprint density at radius 2 is 1.44 bits per heavy atom. The van der Waals surface area contributed by atoms with E-state index in [1.165, 1.54) is 13.8 Å². The Labute approximate surface area is 191 Å². The number of benzene rings is 1. The lowest BCUT2D eigenvalue weighted by molar-refractivity contribution is -0.145. The maximum absolute atomic E-state index is 12.9. The summed E-state index contributed by atoms with van der Waals surface area (Å²) in [7, 11) is 0. The maximum Gasteiger partial charge on any atom is 0.328 e. The fourth-order valence-electron chi connectivity index (χ4n) is 2.66. The summed E-state index contributed by atoms with van der Waals surface area (Å²) in [4.78, 5) is 48.8. The van der Waals surface area contributed by atoms with Gasteiger partial charge in [-0.2, -0.15) is 12.6 Å². The Kier molecular flexibility index (Phi) is 11.1. The number of carboxylic acids is 1. The zero-order valence-electron chi connectivity index (χ0n) is 17.8. The van der Waals surface area contributed by atoms with Crippen LogP contribution in [0, 0.1) is 0 Å². The minimum absolute atomic E-state index is 0.0667. The molecular weight excluding hydrogens is 440 g/mol. The fourth-order valence-corrected chi connectivity index (χ4v) is 2.91. The van der Waals surface area contributed by atoms with Gasteiger partial charge in [0.25, 0.3) is 0 Å². The van der Waals surface area contributed by atoms with Crippen molar-refractivity contribution >= 4 is 36.3 Å². The molecule has 0 spiro atoms. The molecule has 0 saturated heterocycles. The molecule has 32 heavy (non-hydrogen) atoms. The van der Waals surface area contributed by atoms with Crippen LogP contribution in [0.15, 0.2) is 30.3 Å². The van der Waals surface area contributed by atoms with Crippen LogP contribution in [-0.2, 0) is 25.6 Å². The number of hydrogen-bond donors (Lipinski definition) is 8. The van der Waals surface area contributed by atoms with E-state index in [4.69, 9.17) is 10.8 Å². The van der Waals surface area contributed by atoms with Gasteiger partial charge in [-0.25, -0.2) is 4.79 Å². The molecule has 0 bridgehead atoms. The summed E-state index contributed by atoms with van der Waals surface area (Å²) in [5.74, 6) is -3.99. The lowest BCUT2D eigenvalue weighted by Gasteiger charge is -2.25. The third-order valence-corrected chi connectivity index (χ3v) is 4.97. The zero-order valence-corrected chi connectivity index (χ0v) is 18.7. The Balaban J connectivity index is 2.99. The number of thiol groups is 1. The van der Waals surface area contributed by atoms with Crippen LogP contribution in [0.4, 0.5) is 0 Å². The van der Waals surface area contributed by atoms with E-state index in [-0.39, 0.29) is 12.2 Å². The predicted molar refractivity (Wildman–Crippen MR) is 119 cm³/mol. The number of aliphatic hydroxyl groups excluding tert-OH is 2. The van der Waals surface area contributed by atoms with E-state index in [1.807, 2.05) is 0 Å². The monoisotopic (exact) mass is 470 g/mol. The SMILES string of the molecule is CC(O)C(N)C(=O)NC(Cc1ccccc1)C(=O)NC(CS)C(=O)NC(C(=O)O)C(C)O. The van der Waals surface area contributed by atoms with Crippen LogP contribution in [0.25, 0.3) is 0 Å². The Morgan fingerprint density at radius 1 is 0.906 bits per heavy atom. The van der Waals surface area contributed by atoms with E-state index in [2.05, 4.69) is 28.6 Å². The Bertz CT molecular complexity index is 791. The average molecular weight is 471 g/mol. The second-order valence-electron chi connectivity index (χ2n) is 7.33. The number of hydrogen-bond acceptors (Lipinski definition) is 8. The van der Waals surface area contributed by atoms with E-state index >= 15 is 0 Å². The molecule has 6 unspecified atom stereocenters. The highest BCUT2D eigenvalue weighted by Gasteiger charge is 2.31. The summed E-state index contributed by atoms with van der Waals surface area (Å²) in [6.45, 7) is 2.53. The number of aliphatic carboxylic acids is 1. The van der Waals surface area contributed by atoms with E-state index in [1.54, 1.807) is 30.3 Å². The van der Waals surface area contributed by atoms with E-state index in [0.29, 0.717) is 5.56 Å². The maximum atomic E-state index is 12.9. The van der Waals surface area contributed by atoms with Crippen LogP contribution >= 0.6 is 12.6 Å². The normalized spacial score (nSPS) is 16.6. The number of carbonyl (C=O) groups excluding carboxylic acids is 3. The molecule has 0 aliphatic heterocycles. The summed E-state index contributed by atoms with van der Waals surface area (Å²) in [6, 6.07) is 3.53. The van der Waals surface area contributed by atoms with Gasteiger partial charge < -0.3 is 37.0 Å². The van der Waals surface area contributed by atoms with Crippen molar-refractivity contribution in [1.82, 2.24) is 16.0 Å². The molecule has 3 amide bonds. The first-order valence-corrected chi connectivity index (χ1v) is 10.5. The number of rotatable bonds is 12. The minimum atomic E-state index is -1.58. The van der Waals surface area contributed by atoms with Crippen molar-refractivity contribution in [3.8, 4) is 0 Å². The van der Waals surface area contributed by atoms with Crippen molar-refractivity contribution in [2.24, 2.45) is 5.73 Å². The smallest absolute Gasteiger partial charge is 0.328 e. The van der Waals surface area contributed by atoms with Gasteiger partial charge in [0, 0.05) is 12.2 Å². The highest BCUT2D eigenvalue weighted by Crippen LogP contribution is 2.06. The lowest BCUT2D eigenvalue weighted by atomic mass is 10.0. The number of carboxylic acid groups (broad SMARTS) is 1. The molecule has 0 fully saturated rings. The number of aliphatic hydroxyl groups is 2. The molecule has 1 aromatic rings. The third-order valence-electron chi connectivity index (χ3n) is 4.60. The summed E-state index contributed by atoms with van der Waals surface area (Å²) < 4.78 is 0. The number of carbonyl (C=O) groups is 4. The van der Waals surface area contributed by atoms with Crippen LogP contribution in [0.3, 0.4) is 0 Å². The number of nitrogens with two attached hydrogens (primary N) is 1. The first-order valence-electron chi connectivity index (χ1n) is 9.88. The van der Waals surface area contributed by atoms with Gasteiger partial charge in [-0.15, -0.1) is 0 Å².